The summed E-state index contributed by atoms with van der Waals surface area (Å²) >= 11 is 0. The molecule has 134 valence electrons. The standard InChI is InChI=1S/C21H22N2O3/c1-4-19(21(24)22-20-13-15(3)26-23-20)25-18-11-9-17(10-12-18)16-7-5-14(2)6-8-16/h5-13,19H,4H2,1-3H3,(H,22,23,24)/t19-/m1/s1. The van der Waals surface area contributed by atoms with Crippen LogP contribution >= 0.6 is 0 Å². The van der Waals surface area contributed by atoms with E-state index in [9.17, 15) is 4.79 Å². The van der Waals surface area contributed by atoms with Gasteiger partial charge in [-0.3, -0.25) is 4.79 Å². The fourth-order valence-corrected chi connectivity index (χ4v) is 2.59. The second-order valence-corrected chi connectivity index (χ2v) is 6.22. The summed E-state index contributed by atoms with van der Waals surface area (Å²) in [6.45, 7) is 5.74. The third kappa shape index (κ3) is 4.30. The van der Waals surface area contributed by atoms with Gasteiger partial charge in [0, 0.05) is 6.07 Å². The number of nitrogens with zero attached hydrogens (tertiary/aromatic N) is 1. The van der Waals surface area contributed by atoms with Crippen molar-refractivity contribution in [2.45, 2.75) is 33.3 Å². The number of amides is 1. The zero-order valence-electron chi connectivity index (χ0n) is 15.2. The Labute approximate surface area is 153 Å². The van der Waals surface area contributed by atoms with E-state index in [0.29, 0.717) is 23.7 Å². The van der Waals surface area contributed by atoms with Gasteiger partial charge in [0.1, 0.15) is 11.5 Å². The van der Waals surface area contributed by atoms with Crippen molar-refractivity contribution in [3.8, 4) is 16.9 Å². The molecule has 1 N–H and O–H groups in total. The third-order valence-electron chi connectivity index (χ3n) is 4.06. The number of hydrogen-bond donors (Lipinski definition) is 1. The van der Waals surface area contributed by atoms with Gasteiger partial charge in [-0.25, -0.2) is 0 Å². The van der Waals surface area contributed by atoms with Crippen LogP contribution in [0.15, 0.2) is 59.1 Å². The lowest BCUT2D eigenvalue weighted by Crippen LogP contribution is -2.32. The van der Waals surface area contributed by atoms with Crippen molar-refractivity contribution in [1.82, 2.24) is 5.16 Å². The van der Waals surface area contributed by atoms with Crippen molar-refractivity contribution < 1.29 is 14.1 Å². The molecule has 5 heteroatoms. The van der Waals surface area contributed by atoms with Gasteiger partial charge in [-0.1, -0.05) is 54.0 Å². The number of rotatable bonds is 6. The molecule has 1 heterocycles. The summed E-state index contributed by atoms with van der Waals surface area (Å²) < 4.78 is 10.8. The van der Waals surface area contributed by atoms with Gasteiger partial charge in [0.05, 0.1) is 0 Å². The van der Waals surface area contributed by atoms with E-state index >= 15 is 0 Å². The van der Waals surface area contributed by atoms with E-state index < -0.39 is 6.10 Å². The van der Waals surface area contributed by atoms with Crippen LogP contribution in [0.4, 0.5) is 5.82 Å². The first-order chi connectivity index (χ1) is 12.5. The van der Waals surface area contributed by atoms with E-state index in [1.165, 1.54) is 5.56 Å². The average molecular weight is 350 g/mol. The van der Waals surface area contributed by atoms with Crippen LogP contribution in [-0.4, -0.2) is 17.2 Å². The van der Waals surface area contributed by atoms with Crippen LogP contribution < -0.4 is 10.1 Å². The van der Waals surface area contributed by atoms with Crippen LogP contribution in [0.1, 0.15) is 24.7 Å². The van der Waals surface area contributed by atoms with E-state index in [4.69, 9.17) is 9.26 Å². The van der Waals surface area contributed by atoms with Gasteiger partial charge < -0.3 is 14.6 Å². The first-order valence-electron chi connectivity index (χ1n) is 8.63. The molecule has 0 aliphatic rings. The molecule has 1 amide bonds. The van der Waals surface area contributed by atoms with Crippen molar-refractivity contribution in [1.29, 1.82) is 0 Å². The second-order valence-electron chi connectivity index (χ2n) is 6.22. The Balaban J connectivity index is 1.66. The molecule has 0 radical (unpaired) electrons. The summed E-state index contributed by atoms with van der Waals surface area (Å²) in [5.41, 5.74) is 3.48. The second kappa shape index (κ2) is 7.87. The topological polar surface area (TPSA) is 64.4 Å². The summed E-state index contributed by atoms with van der Waals surface area (Å²) in [5.74, 6) is 1.44. The number of aromatic nitrogens is 1. The SMILES string of the molecule is CC[C@@H](Oc1ccc(-c2ccc(C)cc2)cc1)C(=O)Nc1cc(C)on1. The van der Waals surface area contributed by atoms with Gasteiger partial charge in [0.15, 0.2) is 11.9 Å². The van der Waals surface area contributed by atoms with Gasteiger partial charge in [0.25, 0.3) is 5.91 Å². The number of carbonyl (C=O) groups is 1. The van der Waals surface area contributed by atoms with E-state index in [2.05, 4.69) is 41.7 Å². The summed E-state index contributed by atoms with van der Waals surface area (Å²) in [5, 5.41) is 6.48. The third-order valence-corrected chi connectivity index (χ3v) is 4.06. The maximum atomic E-state index is 12.4. The molecule has 2 aromatic carbocycles. The molecule has 1 aromatic heterocycles. The Kier molecular flexibility index (Phi) is 5.37. The Morgan fingerprint density at radius 2 is 1.69 bits per heavy atom. The fraction of sp³-hybridized carbons (Fsp3) is 0.238. The zero-order valence-corrected chi connectivity index (χ0v) is 15.2. The molecule has 5 nitrogen and oxygen atoms in total. The van der Waals surface area contributed by atoms with Crippen LogP contribution in [0.5, 0.6) is 5.75 Å². The van der Waals surface area contributed by atoms with Gasteiger partial charge in [-0.05, 0) is 43.5 Å². The van der Waals surface area contributed by atoms with Gasteiger partial charge in [-0.2, -0.15) is 0 Å². The lowest BCUT2D eigenvalue weighted by atomic mass is 10.0. The van der Waals surface area contributed by atoms with Crippen molar-refractivity contribution in [3.05, 3.63) is 65.9 Å². The van der Waals surface area contributed by atoms with Gasteiger partial charge in [-0.15, -0.1) is 0 Å². The highest BCUT2D eigenvalue weighted by molar-refractivity contribution is 5.93. The molecule has 3 rings (SSSR count). The highest BCUT2D eigenvalue weighted by Crippen LogP contribution is 2.24. The van der Waals surface area contributed by atoms with Crippen LogP contribution in [0, 0.1) is 13.8 Å². The predicted molar refractivity (Wildman–Crippen MR) is 101 cm³/mol. The summed E-state index contributed by atoms with van der Waals surface area (Å²) in [6, 6.07) is 17.8. The molecule has 26 heavy (non-hydrogen) atoms. The molecule has 0 spiro atoms. The molecule has 0 fully saturated rings. The monoisotopic (exact) mass is 350 g/mol. The zero-order chi connectivity index (χ0) is 18.5. The number of carbonyl (C=O) groups excluding carboxylic acids is 1. The minimum absolute atomic E-state index is 0.247. The molecule has 0 saturated carbocycles. The molecule has 0 aliphatic heterocycles. The van der Waals surface area contributed by atoms with E-state index in [-0.39, 0.29) is 5.91 Å². The van der Waals surface area contributed by atoms with Crippen molar-refractivity contribution in [2.24, 2.45) is 0 Å². The summed E-state index contributed by atoms with van der Waals surface area (Å²) in [6.07, 6.45) is -0.0558. The van der Waals surface area contributed by atoms with Gasteiger partial charge >= 0.3 is 0 Å². The minimum atomic E-state index is -0.600. The van der Waals surface area contributed by atoms with E-state index in [1.807, 2.05) is 31.2 Å². The van der Waals surface area contributed by atoms with Crippen molar-refractivity contribution in [2.75, 3.05) is 5.32 Å². The van der Waals surface area contributed by atoms with E-state index in [1.54, 1.807) is 13.0 Å². The summed E-state index contributed by atoms with van der Waals surface area (Å²) in [4.78, 5) is 12.4. The maximum absolute atomic E-state index is 12.4. The molecular weight excluding hydrogens is 328 g/mol. The number of hydrogen-bond acceptors (Lipinski definition) is 4. The van der Waals surface area contributed by atoms with Crippen molar-refractivity contribution in [3.63, 3.8) is 0 Å². The number of aryl methyl sites for hydroxylation is 2. The smallest absolute Gasteiger partial charge is 0.266 e. The largest absolute Gasteiger partial charge is 0.481 e. The van der Waals surface area contributed by atoms with Gasteiger partial charge in [0.2, 0.25) is 0 Å². The first-order valence-corrected chi connectivity index (χ1v) is 8.63. The lowest BCUT2D eigenvalue weighted by Gasteiger charge is -2.16. The molecule has 1 atom stereocenters. The first kappa shape index (κ1) is 17.7. The Bertz CT molecular complexity index is 867. The maximum Gasteiger partial charge on any atom is 0.266 e. The molecule has 0 unspecified atom stereocenters. The molecule has 0 bridgehead atoms. The van der Waals surface area contributed by atoms with Crippen LogP contribution in [-0.2, 0) is 4.79 Å². The average Bonchev–Trinajstić information content (AvgIpc) is 3.05. The fourth-order valence-electron chi connectivity index (χ4n) is 2.59. The number of benzene rings is 2. The predicted octanol–water partition coefficient (Wildman–Crippen LogP) is 4.75. The quantitative estimate of drug-likeness (QED) is 0.696. The molecular formula is C21H22N2O3. The molecule has 0 saturated heterocycles. The molecule has 0 aliphatic carbocycles. The van der Waals surface area contributed by atoms with Crippen molar-refractivity contribution >= 4 is 11.7 Å². The Hall–Kier alpha value is -3.08. The van der Waals surface area contributed by atoms with E-state index in [0.717, 1.165) is 11.1 Å². The van der Waals surface area contributed by atoms with Crippen LogP contribution in [0.25, 0.3) is 11.1 Å². The highest BCUT2D eigenvalue weighted by Gasteiger charge is 2.19. The number of nitrogens with one attached hydrogen (secondary N) is 1. The highest BCUT2D eigenvalue weighted by atomic mass is 16.5. The Morgan fingerprint density at radius 1 is 1.08 bits per heavy atom. The molecule has 3 aromatic rings. The number of anilines is 1. The Morgan fingerprint density at radius 3 is 2.23 bits per heavy atom. The number of ether oxygens (including phenoxy) is 1. The minimum Gasteiger partial charge on any atom is -0.481 e. The van der Waals surface area contributed by atoms with Crippen LogP contribution in [0.3, 0.4) is 0 Å². The lowest BCUT2D eigenvalue weighted by molar-refractivity contribution is -0.122. The van der Waals surface area contributed by atoms with Crippen LogP contribution in [0.2, 0.25) is 0 Å². The normalized spacial score (nSPS) is 11.8. The summed E-state index contributed by atoms with van der Waals surface area (Å²) in [7, 11) is 0.